The second kappa shape index (κ2) is 8.34. The fraction of sp³-hybridized carbons (Fsp3) is 0.238. The summed E-state index contributed by atoms with van der Waals surface area (Å²) >= 11 is 0. The van der Waals surface area contributed by atoms with E-state index in [0.717, 1.165) is 22.2 Å². The number of nitrogens with one attached hydrogen (secondary N) is 1. The molecular weight excluding hydrogens is 328 g/mol. The molecule has 0 aliphatic heterocycles. The van der Waals surface area contributed by atoms with Crippen molar-refractivity contribution in [3.05, 3.63) is 60.7 Å². The summed E-state index contributed by atoms with van der Waals surface area (Å²) in [6, 6.07) is 20.2. The number of aromatic nitrogens is 1. The Bertz CT molecular complexity index is 900. The molecule has 0 bridgehead atoms. The second-order valence-corrected chi connectivity index (χ2v) is 6.07. The maximum atomic E-state index is 12.4. The van der Waals surface area contributed by atoms with Crippen LogP contribution in [0.1, 0.15) is 12.8 Å². The zero-order valence-corrected chi connectivity index (χ0v) is 14.8. The number of hydrogen-bond acceptors (Lipinski definition) is 3. The number of hydrogen-bond donors (Lipinski definition) is 1. The van der Waals surface area contributed by atoms with Crippen LogP contribution in [0.25, 0.3) is 22.2 Å². The monoisotopic (exact) mass is 350 g/mol. The van der Waals surface area contributed by atoms with Crippen LogP contribution in [0.2, 0.25) is 0 Å². The van der Waals surface area contributed by atoms with Gasteiger partial charge in [0.1, 0.15) is 6.54 Å². The minimum absolute atomic E-state index is 0.0756. The number of nitrogens with zero attached hydrogens (tertiary/aromatic N) is 1. The molecule has 5 heteroatoms. The van der Waals surface area contributed by atoms with E-state index in [-0.39, 0.29) is 18.4 Å². The van der Waals surface area contributed by atoms with Gasteiger partial charge in [-0.05, 0) is 24.1 Å². The molecule has 0 atom stereocenters. The summed E-state index contributed by atoms with van der Waals surface area (Å²) in [5.41, 5.74) is 3.11. The molecule has 0 radical (unpaired) electrons. The Morgan fingerprint density at radius 3 is 2.54 bits per heavy atom. The van der Waals surface area contributed by atoms with E-state index in [4.69, 9.17) is 0 Å². The average Bonchev–Trinajstić information content (AvgIpc) is 3.04. The summed E-state index contributed by atoms with van der Waals surface area (Å²) in [6.45, 7) is 0.684. The van der Waals surface area contributed by atoms with Gasteiger partial charge in [-0.1, -0.05) is 48.5 Å². The van der Waals surface area contributed by atoms with Crippen LogP contribution in [0.3, 0.4) is 0 Å². The summed E-state index contributed by atoms with van der Waals surface area (Å²) in [5, 5.41) is 3.98. The number of rotatable bonds is 7. The molecule has 1 aromatic heterocycles. The number of benzene rings is 2. The number of fused-ring (bicyclic) bond motifs is 1. The third kappa shape index (κ3) is 4.11. The van der Waals surface area contributed by atoms with Gasteiger partial charge in [0.05, 0.1) is 7.11 Å². The van der Waals surface area contributed by atoms with Gasteiger partial charge in [-0.3, -0.25) is 9.59 Å². The SMILES string of the molecule is COC(=O)CCCNC(=O)Cn1c(-c2ccccc2)cc2ccccc21. The second-order valence-electron chi connectivity index (χ2n) is 6.07. The Morgan fingerprint density at radius 1 is 1.04 bits per heavy atom. The van der Waals surface area contributed by atoms with Gasteiger partial charge in [0.25, 0.3) is 0 Å². The predicted molar refractivity (Wildman–Crippen MR) is 102 cm³/mol. The Hall–Kier alpha value is -3.08. The number of esters is 1. The normalized spacial score (nSPS) is 10.7. The maximum Gasteiger partial charge on any atom is 0.305 e. The number of carbonyl (C=O) groups excluding carboxylic acids is 2. The van der Waals surface area contributed by atoms with E-state index in [1.807, 2.05) is 59.2 Å². The smallest absolute Gasteiger partial charge is 0.305 e. The molecule has 0 aliphatic carbocycles. The number of ether oxygens (including phenoxy) is 1. The van der Waals surface area contributed by atoms with Crippen LogP contribution in [-0.4, -0.2) is 30.1 Å². The Balaban J connectivity index is 1.76. The fourth-order valence-electron chi connectivity index (χ4n) is 2.99. The molecule has 0 fully saturated rings. The molecule has 0 spiro atoms. The lowest BCUT2D eigenvalue weighted by molar-refractivity contribution is -0.140. The summed E-state index contributed by atoms with van der Waals surface area (Å²) in [7, 11) is 1.36. The molecule has 1 heterocycles. The van der Waals surface area contributed by atoms with Crippen molar-refractivity contribution < 1.29 is 14.3 Å². The maximum absolute atomic E-state index is 12.4. The standard InChI is InChI=1S/C21H22N2O3/c1-26-21(25)12-7-13-22-20(24)15-23-18-11-6-5-10-17(18)14-19(23)16-8-3-2-4-9-16/h2-6,8-11,14H,7,12-13,15H2,1H3,(H,22,24). The van der Waals surface area contributed by atoms with Gasteiger partial charge in [0.15, 0.2) is 0 Å². The Labute approximate surface area is 152 Å². The Kier molecular flexibility index (Phi) is 5.69. The first-order valence-electron chi connectivity index (χ1n) is 8.66. The highest BCUT2D eigenvalue weighted by Crippen LogP contribution is 2.28. The van der Waals surface area contributed by atoms with Crippen LogP contribution in [-0.2, 0) is 20.9 Å². The predicted octanol–water partition coefficient (Wildman–Crippen LogP) is 3.38. The van der Waals surface area contributed by atoms with Crippen LogP contribution in [0.4, 0.5) is 0 Å². The molecular formula is C21H22N2O3. The summed E-state index contributed by atoms with van der Waals surface area (Å²) in [5.74, 6) is -0.338. The van der Waals surface area contributed by atoms with Crippen molar-refractivity contribution >= 4 is 22.8 Å². The quantitative estimate of drug-likeness (QED) is 0.525. The van der Waals surface area contributed by atoms with Crippen molar-refractivity contribution in [1.29, 1.82) is 0 Å². The summed E-state index contributed by atoms with van der Waals surface area (Å²) in [6.07, 6.45) is 0.870. The van der Waals surface area contributed by atoms with E-state index >= 15 is 0 Å². The van der Waals surface area contributed by atoms with E-state index in [0.29, 0.717) is 19.4 Å². The third-order valence-corrected chi connectivity index (χ3v) is 4.29. The molecule has 3 rings (SSSR count). The lowest BCUT2D eigenvalue weighted by atomic mass is 10.1. The average molecular weight is 350 g/mol. The van der Waals surface area contributed by atoms with Crippen molar-refractivity contribution in [3.63, 3.8) is 0 Å². The Morgan fingerprint density at radius 2 is 1.77 bits per heavy atom. The van der Waals surface area contributed by atoms with Crippen molar-refractivity contribution in [2.45, 2.75) is 19.4 Å². The lowest BCUT2D eigenvalue weighted by Crippen LogP contribution is -2.29. The zero-order valence-electron chi connectivity index (χ0n) is 14.8. The van der Waals surface area contributed by atoms with Gasteiger partial charge in [-0.15, -0.1) is 0 Å². The highest BCUT2D eigenvalue weighted by molar-refractivity contribution is 5.89. The number of methoxy groups -OCH3 is 1. The van der Waals surface area contributed by atoms with Gasteiger partial charge in [0, 0.05) is 29.6 Å². The van der Waals surface area contributed by atoms with Crippen molar-refractivity contribution in [2.24, 2.45) is 0 Å². The summed E-state index contributed by atoms with van der Waals surface area (Å²) < 4.78 is 6.63. The third-order valence-electron chi connectivity index (χ3n) is 4.29. The topological polar surface area (TPSA) is 60.3 Å². The van der Waals surface area contributed by atoms with E-state index in [2.05, 4.69) is 16.1 Å². The molecule has 1 amide bonds. The van der Waals surface area contributed by atoms with Crippen molar-refractivity contribution in [3.8, 4) is 11.3 Å². The summed E-state index contributed by atoms with van der Waals surface area (Å²) in [4.78, 5) is 23.5. The fourth-order valence-corrected chi connectivity index (χ4v) is 2.99. The van der Waals surface area contributed by atoms with Crippen LogP contribution < -0.4 is 5.32 Å². The van der Waals surface area contributed by atoms with Crippen molar-refractivity contribution in [2.75, 3.05) is 13.7 Å². The van der Waals surface area contributed by atoms with Crippen LogP contribution >= 0.6 is 0 Å². The molecule has 0 saturated carbocycles. The first-order valence-corrected chi connectivity index (χ1v) is 8.66. The number of carbonyl (C=O) groups is 2. The van der Waals surface area contributed by atoms with Crippen LogP contribution in [0.15, 0.2) is 60.7 Å². The molecule has 1 N–H and O–H groups in total. The number of para-hydroxylation sites is 1. The van der Waals surface area contributed by atoms with Crippen LogP contribution in [0.5, 0.6) is 0 Å². The molecule has 0 unspecified atom stereocenters. The molecule has 0 aliphatic rings. The lowest BCUT2D eigenvalue weighted by Gasteiger charge is -2.11. The minimum atomic E-state index is -0.262. The first kappa shape index (κ1) is 17.7. The molecule has 2 aromatic carbocycles. The molecule has 3 aromatic rings. The molecule has 0 saturated heterocycles. The van der Waals surface area contributed by atoms with E-state index in [1.165, 1.54) is 7.11 Å². The van der Waals surface area contributed by atoms with Crippen LogP contribution in [0, 0.1) is 0 Å². The molecule has 5 nitrogen and oxygen atoms in total. The zero-order chi connectivity index (χ0) is 18.4. The molecule has 26 heavy (non-hydrogen) atoms. The van der Waals surface area contributed by atoms with Crippen molar-refractivity contribution in [1.82, 2.24) is 9.88 Å². The van der Waals surface area contributed by atoms with Gasteiger partial charge < -0.3 is 14.6 Å². The molecule has 134 valence electrons. The van der Waals surface area contributed by atoms with E-state index < -0.39 is 0 Å². The van der Waals surface area contributed by atoms with Gasteiger partial charge in [0.2, 0.25) is 5.91 Å². The van der Waals surface area contributed by atoms with Gasteiger partial charge in [-0.25, -0.2) is 0 Å². The highest BCUT2D eigenvalue weighted by atomic mass is 16.5. The van der Waals surface area contributed by atoms with E-state index in [1.54, 1.807) is 0 Å². The number of amides is 1. The van der Waals surface area contributed by atoms with E-state index in [9.17, 15) is 9.59 Å². The first-order chi connectivity index (χ1) is 12.7. The largest absolute Gasteiger partial charge is 0.469 e. The highest BCUT2D eigenvalue weighted by Gasteiger charge is 2.13. The van der Waals surface area contributed by atoms with Gasteiger partial charge in [-0.2, -0.15) is 0 Å². The van der Waals surface area contributed by atoms with Gasteiger partial charge >= 0.3 is 5.97 Å². The minimum Gasteiger partial charge on any atom is -0.469 e.